The topological polar surface area (TPSA) is 33.5 Å². The summed E-state index contributed by atoms with van der Waals surface area (Å²) in [6, 6.07) is 22.3. The lowest BCUT2D eigenvalue weighted by molar-refractivity contribution is 0.560. The number of anilines is 3. The minimum absolute atomic E-state index is 0.376. The molecule has 0 saturated carbocycles. The average Bonchev–Trinajstić information content (AvgIpc) is 2.64. The summed E-state index contributed by atoms with van der Waals surface area (Å²) < 4.78 is 5.42. The van der Waals surface area contributed by atoms with Gasteiger partial charge in [-0.15, -0.1) is 0 Å². The molecule has 4 rings (SSSR count). The second kappa shape index (κ2) is 7.10. The van der Waals surface area contributed by atoms with Crippen molar-refractivity contribution in [1.29, 1.82) is 0 Å². The van der Waals surface area contributed by atoms with Crippen LogP contribution < -0.4 is 10.5 Å². The molecule has 0 bridgehead atoms. The molecule has 0 radical (unpaired) electrons. The van der Waals surface area contributed by atoms with Crippen LogP contribution in [0.1, 0.15) is 5.56 Å². The summed E-state index contributed by atoms with van der Waals surface area (Å²) in [6.07, 6.45) is 0. The molecule has 1 aromatic heterocycles. The van der Waals surface area contributed by atoms with Crippen molar-refractivity contribution >= 4 is 51.2 Å². The van der Waals surface area contributed by atoms with E-state index in [0.717, 1.165) is 28.0 Å². The van der Waals surface area contributed by atoms with Crippen LogP contribution in [0.2, 0.25) is 10.0 Å². The quantitative estimate of drug-likeness (QED) is 0.354. The Morgan fingerprint density at radius 3 is 2.00 bits per heavy atom. The van der Waals surface area contributed by atoms with E-state index in [4.69, 9.17) is 27.6 Å². The summed E-state index contributed by atoms with van der Waals surface area (Å²) in [6.45, 7) is 1.89. The summed E-state index contributed by atoms with van der Waals surface area (Å²) in [5, 5.41) is 2.06. The highest BCUT2D eigenvalue weighted by molar-refractivity contribution is 6.35. The molecule has 0 saturated heterocycles. The zero-order valence-corrected chi connectivity index (χ0v) is 16.0. The first-order valence-corrected chi connectivity index (χ1v) is 9.14. The molecule has 0 spiro atoms. The number of halogens is 2. The molecule has 0 amide bonds. The van der Waals surface area contributed by atoms with Crippen molar-refractivity contribution in [2.75, 3.05) is 4.90 Å². The zero-order valence-electron chi connectivity index (χ0n) is 14.4. The largest absolute Gasteiger partial charge is 0.423 e. The predicted octanol–water partition coefficient (Wildman–Crippen LogP) is 6.88. The molecular weight excluding hydrogens is 381 g/mol. The fourth-order valence-corrected chi connectivity index (χ4v) is 3.57. The number of fused-ring (bicyclic) bond motifs is 1. The maximum atomic E-state index is 11.8. The molecular formula is C22H15Cl2NO2. The van der Waals surface area contributed by atoms with Crippen molar-refractivity contribution < 1.29 is 4.42 Å². The predicted molar refractivity (Wildman–Crippen MR) is 112 cm³/mol. The van der Waals surface area contributed by atoms with Gasteiger partial charge in [-0.2, -0.15) is 0 Å². The first-order chi connectivity index (χ1) is 13.0. The Balaban J connectivity index is 1.99. The van der Waals surface area contributed by atoms with Crippen molar-refractivity contribution in [2.45, 2.75) is 6.92 Å². The van der Waals surface area contributed by atoms with E-state index in [0.29, 0.717) is 15.6 Å². The Kier molecular flexibility index (Phi) is 4.65. The first kappa shape index (κ1) is 17.7. The minimum atomic E-state index is -0.376. The van der Waals surface area contributed by atoms with Crippen LogP contribution >= 0.6 is 23.2 Å². The van der Waals surface area contributed by atoms with Gasteiger partial charge >= 0.3 is 5.63 Å². The molecule has 134 valence electrons. The Morgan fingerprint density at radius 2 is 1.41 bits per heavy atom. The molecule has 0 aliphatic carbocycles. The van der Waals surface area contributed by atoms with E-state index in [1.54, 1.807) is 0 Å². The van der Waals surface area contributed by atoms with Crippen molar-refractivity contribution in [3.8, 4) is 0 Å². The molecule has 3 aromatic carbocycles. The van der Waals surface area contributed by atoms with Crippen LogP contribution in [0.25, 0.3) is 11.0 Å². The molecule has 1 heterocycles. The highest BCUT2D eigenvalue weighted by Gasteiger charge is 2.18. The highest BCUT2D eigenvalue weighted by Crippen LogP contribution is 2.42. The van der Waals surface area contributed by atoms with Crippen molar-refractivity contribution in [1.82, 2.24) is 0 Å². The number of hydrogen-bond acceptors (Lipinski definition) is 3. The molecule has 0 N–H and O–H groups in total. The molecule has 0 unspecified atom stereocenters. The standard InChI is InChI=1S/C22H15Cl2NO2/c1-14-12-22(26)27-21-13-15(10-11-16(14)21)25(19-8-4-2-6-17(19)23)20-9-5-3-7-18(20)24/h2-13H,1H3. The lowest BCUT2D eigenvalue weighted by Crippen LogP contribution is -2.11. The van der Waals surface area contributed by atoms with Gasteiger partial charge in [0, 0.05) is 23.2 Å². The van der Waals surface area contributed by atoms with Gasteiger partial charge in [0.25, 0.3) is 0 Å². The monoisotopic (exact) mass is 395 g/mol. The maximum Gasteiger partial charge on any atom is 0.336 e. The van der Waals surface area contributed by atoms with E-state index in [1.807, 2.05) is 78.6 Å². The number of nitrogens with zero attached hydrogens (tertiary/aromatic N) is 1. The van der Waals surface area contributed by atoms with Crippen LogP contribution in [0.5, 0.6) is 0 Å². The summed E-state index contributed by atoms with van der Waals surface area (Å²) in [7, 11) is 0. The third-order valence-electron chi connectivity index (χ3n) is 4.38. The van der Waals surface area contributed by atoms with E-state index in [1.165, 1.54) is 6.07 Å². The zero-order chi connectivity index (χ0) is 19.0. The highest BCUT2D eigenvalue weighted by atomic mass is 35.5. The summed E-state index contributed by atoms with van der Waals surface area (Å²) in [4.78, 5) is 13.8. The average molecular weight is 396 g/mol. The van der Waals surface area contributed by atoms with Crippen LogP contribution in [-0.2, 0) is 0 Å². The molecule has 0 atom stereocenters. The van der Waals surface area contributed by atoms with E-state index in [2.05, 4.69) is 0 Å². The number of rotatable bonds is 3. The third kappa shape index (κ3) is 3.32. The fraction of sp³-hybridized carbons (Fsp3) is 0.0455. The number of hydrogen-bond donors (Lipinski definition) is 0. The second-order valence-electron chi connectivity index (χ2n) is 6.17. The van der Waals surface area contributed by atoms with Gasteiger partial charge in [-0.25, -0.2) is 4.79 Å². The van der Waals surface area contributed by atoms with Crippen LogP contribution in [0.4, 0.5) is 17.1 Å². The van der Waals surface area contributed by atoms with Crippen LogP contribution in [0.3, 0.4) is 0 Å². The van der Waals surface area contributed by atoms with Crippen LogP contribution in [-0.4, -0.2) is 0 Å². The van der Waals surface area contributed by atoms with Gasteiger partial charge in [0.15, 0.2) is 0 Å². The van der Waals surface area contributed by atoms with Gasteiger partial charge in [-0.3, -0.25) is 0 Å². The van der Waals surface area contributed by atoms with Gasteiger partial charge in [0.2, 0.25) is 0 Å². The van der Waals surface area contributed by atoms with Gasteiger partial charge in [-0.1, -0.05) is 47.5 Å². The Hall–Kier alpha value is -2.75. The number of benzene rings is 3. The molecule has 27 heavy (non-hydrogen) atoms. The number of aryl methyl sites for hydroxylation is 1. The third-order valence-corrected chi connectivity index (χ3v) is 5.02. The Morgan fingerprint density at radius 1 is 0.815 bits per heavy atom. The van der Waals surface area contributed by atoms with Crippen LogP contribution in [0, 0.1) is 6.92 Å². The van der Waals surface area contributed by atoms with Gasteiger partial charge in [-0.05, 0) is 48.9 Å². The lowest BCUT2D eigenvalue weighted by atomic mass is 10.1. The van der Waals surface area contributed by atoms with Crippen molar-refractivity contribution in [2.24, 2.45) is 0 Å². The summed E-state index contributed by atoms with van der Waals surface area (Å²) in [5.41, 5.74) is 3.36. The van der Waals surface area contributed by atoms with Crippen molar-refractivity contribution in [3.05, 3.63) is 98.8 Å². The fourth-order valence-electron chi connectivity index (χ4n) is 3.13. The lowest BCUT2D eigenvalue weighted by Gasteiger charge is -2.27. The minimum Gasteiger partial charge on any atom is -0.423 e. The number of para-hydroxylation sites is 2. The van der Waals surface area contributed by atoms with E-state index < -0.39 is 0 Å². The molecule has 0 fully saturated rings. The smallest absolute Gasteiger partial charge is 0.336 e. The van der Waals surface area contributed by atoms with Gasteiger partial charge in [0.1, 0.15) is 5.58 Å². The SMILES string of the molecule is Cc1cc(=O)oc2cc(N(c3ccccc3Cl)c3ccccc3Cl)ccc12. The molecule has 0 aliphatic rings. The Bertz CT molecular complexity index is 1150. The molecule has 0 aliphatic heterocycles. The van der Waals surface area contributed by atoms with Crippen LogP contribution in [0.15, 0.2) is 82.0 Å². The van der Waals surface area contributed by atoms with Crippen molar-refractivity contribution in [3.63, 3.8) is 0 Å². The summed E-state index contributed by atoms with van der Waals surface area (Å²) in [5.74, 6) is 0. The molecule has 3 nitrogen and oxygen atoms in total. The molecule has 5 heteroatoms. The normalized spacial score (nSPS) is 10.9. The summed E-state index contributed by atoms with van der Waals surface area (Å²) >= 11 is 13.0. The van der Waals surface area contributed by atoms with Gasteiger partial charge in [0.05, 0.1) is 21.4 Å². The van der Waals surface area contributed by atoms with E-state index in [-0.39, 0.29) is 5.63 Å². The first-order valence-electron chi connectivity index (χ1n) is 8.38. The van der Waals surface area contributed by atoms with E-state index in [9.17, 15) is 4.79 Å². The van der Waals surface area contributed by atoms with E-state index >= 15 is 0 Å². The van der Waals surface area contributed by atoms with Gasteiger partial charge < -0.3 is 9.32 Å². The second-order valence-corrected chi connectivity index (χ2v) is 6.98. The maximum absolute atomic E-state index is 11.8. The molecule has 4 aromatic rings. The Labute approximate surface area is 166 Å².